The molecule has 0 saturated carbocycles. The Morgan fingerprint density at radius 1 is 1.07 bits per heavy atom. The van der Waals surface area contributed by atoms with Crippen molar-refractivity contribution < 1.29 is 14.0 Å². The van der Waals surface area contributed by atoms with E-state index in [4.69, 9.17) is 14.0 Å². The molecule has 0 aliphatic heterocycles. The van der Waals surface area contributed by atoms with Gasteiger partial charge in [0, 0.05) is 23.5 Å². The minimum Gasteiger partial charge on any atom is -0.496 e. The van der Waals surface area contributed by atoms with E-state index in [2.05, 4.69) is 29.0 Å². The molecule has 0 bridgehead atoms. The fourth-order valence-electron chi connectivity index (χ4n) is 3.31. The topological polar surface area (TPSA) is 74.7 Å². The van der Waals surface area contributed by atoms with Crippen LogP contribution in [-0.2, 0) is 6.42 Å². The highest BCUT2D eigenvalue weighted by molar-refractivity contribution is 5.63. The SMILES string of the molecule is COc1cc(-c2nc(Cc3cn4ccccc4n3)no2)cc(OC)c1C(C)C. The second kappa shape index (κ2) is 7.34. The van der Waals surface area contributed by atoms with Crippen LogP contribution < -0.4 is 9.47 Å². The molecule has 0 aliphatic carbocycles. The van der Waals surface area contributed by atoms with Crippen molar-refractivity contribution in [2.24, 2.45) is 0 Å². The molecule has 0 unspecified atom stereocenters. The predicted molar refractivity (Wildman–Crippen MR) is 105 cm³/mol. The highest BCUT2D eigenvalue weighted by Crippen LogP contribution is 2.39. The Labute approximate surface area is 162 Å². The van der Waals surface area contributed by atoms with Gasteiger partial charge >= 0.3 is 0 Å². The maximum absolute atomic E-state index is 5.56. The van der Waals surface area contributed by atoms with Gasteiger partial charge in [0.1, 0.15) is 17.1 Å². The normalized spacial score (nSPS) is 11.3. The maximum Gasteiger partial charge on any atom is 0.258 e. The second-order valence-electron chi connectivity index (χ2n) is 6.84. The smallest absolute Gasteiger partial charge is 0.258 e. The maximum atomic E-state index is 5.56. The molecule has 7 heteroatoms. The molecule has 4 rings (SSSR count). The van der Waals surface area contributed by atoms with Gasteiger partial charge in [0.25, 0.3) is 5.89 Å². The van der Waals surface area contributed by atoms with Crippen LogP contribution in [0.15, 0.2) is 47.2 Å². The number of benzene rings is 1. The summed E-state index contributed by atoms with van der Waals surface area (Å²) in [6.45, 7) is 4.19. The van der Waals surface area contributed by atoms with E-state index >= 15 is 0 Å². The minimum atomic E-state index is 0.257. The van der Waals surface area contributed by atoms with E-state index < -0.39 is 0 Å². The minimum absolute atomic E-state index is 0.257. The van der Waals surface area contributed by atoms with E-state index in [9.17, 15) is 0 Å². The molecule has 1 aromatic carbocycles. The number of fused-ring (bicyclic) bond motifs is 1. The first-order valence-electron chi connectivity index (χ1n) is 9.10. The van der Waals surface area contributed by atoms with E-state index in [-0.39, 0.29) is 5.92 Å². The van der Waals surface area contributed by atoms with Crippen LogP contribution in [0.3, 0.4) is 0 Å². The summed E-state index contributed by atoms with van der Waals surface area (Å²) in [7, 11) is 3.29. The van der Waals surface area contributed by atoms with Gasteiger partial charge in [-0.05, 0) is 30.2 Å². The number of hydrogen-bond donors (Lipinski definition) is 0. The van der Waals surface area contributed by atoms with Crippen LogP contribution >= 0.6 is 0 Å². The summed E-state index contributed by atoms with van der Waals surface area (Å²) in [5, 5.41) is 4.11. The predicted octanol–water partition coefficient (Wildman–Crippen LogP) is 4.12. The lowest BCUT2D eigenvalue weighted by molar-refractivity contribution is 0.381. The lowest BCUT2D eigenvalue weighted by Gasteiger charge is -2.16. The van der Waals surface area contributed by atoms with Gasteiger partial charge in [-0.2, -0.15) is 4.98 Å². The second-order valence-corrected chi connectivity index (χ2v) is 6.84. The molecule has 3 aromatic heterocycles. The zero-order valence-electron chi connectivity index (χ0n) is 16.3. The average Bonchev–Trinajstić information content (AvgIpc) is 3.33. The highest BCUT2D eigenvalue weighted by atomic mass is 16.5. The zero-order chi connectivity index (χ0) is 19.7. The number of aromatic nitrogens is 4. The third-order valence-electron chi connectivity index (χ3n) is 4.59. The molecule has 144 valence electrons. The van der Waals surface area contributed by atoms with Crippen molar-refractivity contribution in [1.82, 2.24) is 19.5 Å². The molecular formula is C21H22N4O3. The number of ether oxygens (including phenoxy) is 2. The van der Waals surface area contributed by atoms with Crippen LogP contribution in [-0.4, -0.2) is 33.7 Å². The number of methoxy groups -OCH3 is 2. The van der Waals surface area contributed by atoms with Crippen LogP contribution in [0.2, 0.25) is 0 Å². The summed E-state index contributed by atoms with van der Waals surface area (Å²) in [5.41, 5.74) is 3.54. The van der Waals surface area contributed by atoms with Crippen molar-refractivity contribution in [2.75, 3.05) is 14.2 Å². The Kier molecular flexibility index (Phi) is 4.73. The summed E-state index contributed by atoms with van der Waals surface area (Å²) < 4.78 is 18.6. The van der Waals surface area contributed by atoms with Crippen LogP contribution in [0.4, 0.5) is 0 Å². The average molecular weight is 378 g/mol. The van der Waals surface area contributed by atoms with Crippen LogP contribution in [0.5, 0.6) is 11.5 Å². The van der Waals surface area contributed by atoms with Crippen molar-refractivity contribution in [2.45, 2.75) is 26.2 Å². The summed E-state index contributed by atoms with van der Waals surface area (Å²) in [6, 6.07) is 9.69. The zero-order valence-corrected chi connectivity index (χ0v) is 16.3. The standard InChI is InChI=1S/C21H22N4O3/c1-13(2)20-16(26-3)9-14(10-17(20)27-4)21-23-18(24-28-21)11-15-12-25-8-6-5-7-19(25)22-15/h5-10,12-13H,11H2,1-4H3. The number of pyridine rings is 1. The Hall–Kier alpha value is -3.35. The number of imidazole rings is 1. The Morgan fingerprint density at radius 2 is 1.82 bits per heavy atom. The first kappa shape index (κ1) is 18.0. The van der Waals surface area contributed by atoms with Crippen LogP contribution in [0, 0.1) is 0 Å². The molecule has 7 nitrogen and oxygen atoms in total. The molecule has 0 N–H and O–H groups in total. The summed E-state index contributed by atoms with van der Waals surface area (Å²) in [6.07, 6.45) is 4.42. The monoisotopic (exact) mass is 378 g/mol. The molecule has 3 heterocycles. The van der Waals surface area contributed by atoms with Crippen LogP contribution in [0.25, 0.3) is 17.1 Å². The van der Waals surface area contributed by atoms with Gasteiger partial charge in [0.05, 0.1) is 26.3 Å². The van der Waals surface area contributed by atoms with E-state index in [1.165, 1.54) is 0 Å². The van der Waals surface area contributed by atoms with Crippen molar-refractivity contribution >= 4 is 5.65 Å². The fourth-order valence-corrected chi connectivity index (χ4v) is 3.31. The largest absolute Gasteiger partial charge is 0.496 e. The van der Waals surface area contributed by atoms with Crippen molar-refractivity contribution in [3.05, 3.63) is 59.8 Å². The lowest BCUT2D eigenvalue weighted by Crippen LogP contribution is -1.99. The lowest BCUT2D eigenvalue weighted by atomic mass is 9.98. The van der Waals surface area contributed by atoms with Crippen LogP contribution in [0.1, 0.15) is 36.8 Å². The summed E-state index contributed by atoms with van der Waals surface area (Å²) >= 11 is 0. The number of nitrogens with zero attached hydrogens (tertiary/aromatic N) is 4. The van der Waals surface area contributed by atoms with Crippen molar-refractivity contribution in [1.29, 1.82) is 0 Å². The first-order valence-corrected chi connectivity index (χ1v) is 9.10. The fraction of sp³-hybridized carbons (Fsp3) is 0.286. The molecule has 4 aromatic rings. The van der Waals surface area contributed by atoms with Crippen molar-refractivity contribution in [3.8, 4) is 23.0 Å². The van der Waals surface area contributed by atoms with Gasteiger partial charge in [0.15, 0.2) is 5.82 Å². The van der Waals surface area contributed by atoms with Crippen molar-refractivity contribution in [3.63, 3.8) is 0 Å². The molecule has 0 radical (unpaired) electrons. The molecule has 0 fully saturated rings. The van der Waals surface area contributed by atoms with Gasteiger partial charge in [-0.25, -0.2) is 4.98 Å². The van der Waals surface area contributed by atoms with Gasteiger partial charge in [0.2, 0.25) is 0 Å². The van der Waals surface area contributed by atoms with E-state index in [1.807, 2.05) is 47.1 Å². The van der Waals surface area contributed by atoms with E-state index in [1.54, 1.807) is 14.2 Å². The molecule has 0 saturated heterocycles. The molecule has 28 heavy (non-hydrogen) atoms. The number of rotatable bonds is 6. The Bertz CT molecular complexity index is 1060. The summed E-state index contributed by atoms with van der Waals surface area (Å²) in [4.78, 5) is 9.11. The first-order chi connectivity index (χ1) is 13.6. The molecule has 0 amide bonds. The van der Waals surface area contributed by atoms with Gasteiger partial charge in [-0.15, -0.1) is 0 Å². The molecule has 0 spiro atoms. The Balaban J connectivity index is 1.65. The van der Waals surface area contributed by atoms with E-state index in [0.29, 0.717) is 18.1 Å². The molecular weight excluding hydrogens is 356 g/mol. The quantitative estimate of drug-likeness (QED) is 0.502. The van der Waals surface area contributed by atoms with Gasteiger partial charge in [-0.1, -0.05) is 25.1 Å². The molecule has 0 aliphatic rings. The van der Waals surface area contributed by atoms with Gasteiger partial charge in [-0.3, -0.25) is 0 Å². The third-order valence-corrected chi connectivity index (χ3v) is 4.59. The highest BCUT2D eigenvalue weighted by Gasteiger charge is 2.19. The Morgan fingerprint density at radius 3 is 2.46 bits per heavy atom. The van der Waals surface area contributed by atoms with E-state index in [0.717, 1.165) is 34.0 Å². The summed E-state index contributed by atoms with van der Waals surface area (Å²) in [5.74, 6) is 2.73. The third kappa shape index (κ3) is 3.31. The number of hydrogen-bond acceptors (Lipinski definition) is 6. The molecule has 0 atom stereocenters. The van der Waals surface area contributed by atoms with Gasteiger partial charge < -0.3 is 18.4 Å².